The van der Waals surface area contributed by atoms with Crippen molar-refractivity contribution in [2.24, 2.45) is 11.8 Å². The summed E-state index contributed by atoms with van der Waals surface area (Å²) in [4.78, 5) is 29.3. The number of nitrogens with zero attached hydrogens (tertiary/aromatic N) is 2. The van der Waals surface area contributed by atoms with Gasteiger partial charge in [0.25, 0.3) is 0 Å². The van der Waals surface area contributed by atoms with Crippen molar-refractivity contribution in [3.05, 3.63) is 34.9 Å². The summed E-state index contributed by atoms with van der Waals surface area (Å²) < 4.78 is 0. The van der Waals surface area contributed by atoms with Gasteiger partial charge in [-0.25, -0.2) is 0 Å². The van der Waals surface area contributed by atoms with Gasteiger partial charge in [0.1, 0.15) is 0 Å². The first kappa shape index (κ1) is 19.2. The molecule has 0 saturated carbocycles. The SMILES string of the molecule is CC(C)C(=O)N1CCC(C(=O)N2CCNCC2c2ccccc2Cl)CC1. The van der Waals surface area contributed by atoms with Crippen molar-refractivity contribution in [3.63, 3.8) is 0 Å². The lowest BCUT2D eigenvalue weighted by Crippen LogP contribution is -2.52. The maximum absolute atomic E-state index is 13.2. The molecule has 0 bridgehead atoms. The highest BCUT2D eigenvalue weighted by molar-refractivity contribution is 6.31. The molecule has 0 radical (unpaired) electrons. The van der Waals surface area contributed by atoms with Gasteiger partial charge in [0.15, 0.2) is 0 Å². The number of rotatable bonds is 3. The van der Waals surface area contributed by atoms with E-state index < -0.39 is 0 Å². The molecule has 0 aliphatic carbocycles. The van der Waals surface area contributed by atoms with Crippen LogP contribution in [0, 0.1) is 11.8 Å². The molecule has 2 aliphatic heterocycles. The lowest BCUT2D eigenvalue weighted by molar-refractivity contribution is -0.144. The molecule has 2 fully saturated rings. The minimum atomic E-state index is -0.0275. The van der Waals surface area contributed by atoms with Gasteiger partial charge in [-0.2, -0.15) is 0 Å². The van der Waals surface area contributed by atoms with Crippen molar-refractivity contribution in [3.8, 4) is 0 Å². The summed E-state index contributed by atoms with van der Waals surface area (Å²) in [6.45, 7) is 7.42. The Balaban J connectivity index is 1.68. The molecule has 1 atom stereocenters. The van der Waals surface area contributed by atoms with Crippen LogP contribution in [0.1, 0.15) is 38.3 Å². The number of halogens is 1. The zero-order valence-electron chi connectivity index (χ0n) is 15.6. The van der Waals surface area contributed by atoms with Gasteiger partial charge in [0, 0.05) is 49.6 Å². The lowest BCUT2D eigenvalue weighted by atomic mass is 9.92. The molecule has 2 aliphatic rings. The van der Waals surface area contributed by atoms with Crippen LogP contribution in [0.25, 0.3) is 0 Å². The van der Waals surface area contributed by atoms with Crippen molar-refractivity contribution in [2.75, 3.05) is 32.7 Å². The molecule has 2 amide bonds. The minimum Gasteiger partial charge on any atom is -0.342 e. The number of piperazine rings is 1. The van der Waals surface area contributed by atoms with Crippen molar-refractivity contribution in [1.82, 2.24) is 15.1 Å². The van der Waals surface area contributed by atoms with E-state index in [0.717, 1.165) is 31.5 Å². The highest BCUT2D eigenvalue weighted by Crippen LogP contribution is 2.31. The number of piperidine rings is 1. The molecule has 0 aromatic heterocycles. The summed E-state index contributed by atoms with van der Waals surface area (Å²) in [7, 11) is 0. The lowest BCUT2D eigenvalue weighted by Gasteiger charge is -2.41. The average Bonchev–Trinajstić information content (AvgIpc) is 2.67. The number of carbonyl (C=O) groups is 2. The summed E-state index contributed by atoms with van der Waals surface area (Å²) in [6, 6.07) is 7.73. The number of carbonyl (C=O) groups excluding carboxylic acids is 2. The summed E-state index contributed by atoms with van der Waals surface area (Å²) in [6.07, 6.45) is 1.49. The Bertz CT molecular complexity index is 656. The predicted molar refractivity (Wildman–Crippen MR) is 103 cm³/mol. The standard InChI is InChI=1S/C20H28ClN3O2/c1-14(2)19(25)23-10-7-15(8-11-23)20(26)24-12-9-22-13-18(24)16-5-3-4-6-17(16)21/h3-6,14-15,18,22H,7-13H2,1-2H3. The molecule has 1 aromatic rings. The van der Waals surface area contributed by atoms with Crippen LogP contribution in [-0.2, 0) is 9.59 Å². The van der Waals surface area contributed by atoms with Crippen molar-refractivity contribution in [2.45, 2.75) is 32.7 Å². The summed E-state index contributed by atoms with van der Waals surface area (Å²) in [5.41, 5.74) is 1.00. The molecule has 5 nitrogen and oxygen atoms in total. The first-order valence-corrected chi connectivity index (χ1v) is 9.91. The van der Waals surface area contributed by atoms with E-state index in [1.54, 1.807) is 0 Å². The largest absolute Gasteiger partial charge is 0.342 e. The highest BCUT2D eigenvalue weighted by atomic mass is 35.5. The van der Waals surface area contributed by atoms with E-state index in [-0.39, 0.29) is 29.7 Å². The van der Waals surface area contributed by atoms with Gasteiger partial charge in [0.05, 0.1) is 6.04 Å². The number of hydrogen-bond donors (Lipinski definition) is 1. The maximum atomic E-state index is 13.2. The number of nitrogens with one attached hydrogen (secondary N) is 1. The molecule has 26 heavy (non-hydrogen) atoms. The summed E-state index contributed by atoms with van der Waals surface area (Å²) in [5.74, 6) is 0.398. The molecule has 2 heterocycles. The van der Waals surface area contributed by atoms with Crippen molar-refractivity contribution < 1.29 is 9.59 Å². The van der Waals surface area contributed by atoms with Crippen LogP contribution in [0.15, 0.2) is 24.3 Å². The molecule has 1 aromatic carbocycles. The van der Waals surface area contributed by atoms with Crippen molar-refractivity contribution >= 4 is 23.4 Å². The predicted octanol–water partition coefficient (Wildman–Crippen LogP) is 2.71. The number of benzene rings is 1. The van der Waals surface area contributed by atoms with Crippen LogP contribution in [0.3, 0.4) is 0 Å². The first-order valence-electron chi connectivity index (χ1n) is 9.53. The monoisotopic (exact) mass is 377 g/mol. The van der Waals surface area contributed by atoms with E-state index in [0.29, 0.717) is 24.7 Å². The van der Waals surface area contributed by atoms with E-state index in [1.165, 1.54) is 0 Å². The molecular weight excluding hydrogens is 350 g/mol. The topological polar surface area (TPSA) is 52.7 Å². The Hall–Kier alpha value is -1.59. The van der Waals surface area contributed by atoms with E-state index in [9.17, 15) is 9.59 Å². The van der Waals surface area contributed by atoms with E-state index >= 15 is 0 Å². The average molecular weight is 378 g/mol. The van der Waals surface area contributed by atoms with Gasteiger partial charge in [0.2, 0.25) is 11.8 Å². The second-order valence-electron chi connectivity index (χ2n) is 7.53. The second kappa shape index (κ2) is 8.40. The van der Waals surface area contributed by atoms with Gasteiger partial charge >= 0.3 is 0 Å². The maximum Gasteiger partial charge on any atom is 0.226 e. The van der Waals surface area contributed by atoms with Crippen LogP contribution in [0.2, 0.25) is 5.02 Å². The Morgan fingerprint density at radius 1 is 1.15 bits per heavy atom. The van der Waals surface area contributed by atoms with Crippen LogP contribution in [-0.4, -0.2) is 54.3 Å². The smallest absolute Gasteiger partial charge is 0.226 e. The Labute approximate surface area is 160 Å². The minimum absolute atomic E-state index is 0.00528. The zero-order valence-corrected chi connectivity index (χ0v) is 16.3. The fourth-order valence-electron chi connectivity index (χ4n) is 3.94. The molecule has 2 saturated heterocycles. The Morgan fingerprint density at radius 3 is 2.50 bits per heavy atom. The summed E-state index contributed by atoms with van der Waals surface area (Å²) in [5, 5.41) is 4.08. The molecule has 6 heteroatoms. The molecule has 0 spiro atoms. The van der Waals surface area contributed by atoms with Gasteiger partial charge in [-0.1, -0.05) is 43.6 Å². The highest BCUT2D eigenvalue weighted by Gasteiger charge is 2.35. The van der Waals surface area contributed by atoms with Crippen LogP contribution in [0.4, 0.5) is 0 Å². The molecule has 3 rings (SSSR count). The van der Waals surface area contributed by atoms with Gasteiger partial charge < -0.3 is 15.1 Å². The van der Waals surface area contributed by atoms with E-state index in [1.807, 2.05) is 47.9 Å². The zero-order chi connectivity index (χ0) is 18.7. The number of hydrogen-bond acceptors (Lipinski definition) is 3. The third kappa shape index (κ3) is 4.04. The van der Waals surface area contributed by atoms with E-state index in [2.05, 4.69) is 5.32 Å². The van der Waals surface area contributed by atoms with Crippen LogP contribution in [0.5, 0.6) is 0 Å². The Kier molecular flexibility index (Phi) is 6.20. The Morgan fingerprint density at radius 2 is 1.85 bits per heavy atom. The molecule has 142 valence electrons. The van der Waals surface area contributed by atoms with Gasteiger partial charge in [-0.05, 0) is 24.5 Å². The third-order valence-electron chi connectivity index (χ3n) is 5.44. The van der Waals surface area contributed by atoms with Gasteiger partial charge in [-0.3, -0.25) is 9.59 Å². The van der Waals surface area contributed by atoms with Crippen molar-refractivity contribution in [1.29, 1.82) is 0 Å². The first-order chi connectivity index (χ1) is 12.5. The normalized spacial score (nSPS) is 21.9. The molecular formula is C20H28ClN3O2. The quantitative estimate of drug-likeness (QED) is 0.881. The fraction of sp³-hybridized carbons (Fsp3) is 0.600. The molecule has 1 N–H and O–H groups in total. The van der Waals surface area contributed by atoms with Crippen LogP contribution < -0.4 is 5.32 Å². The number of likely N-dealkylation sites (tertiary alicyclic amines) is 1. The number of amides is 2. The van der Waals surface area contributed by atoms with Gasteiger partial charge in [-0.15, -0.1) is 0 Å². The van der Waals surface area contributed by atoms with Crippen LogP contribution >= 0.6 is 11.6 Å². The third-order valence-corrected chi connectivity index (χ3v) is 5.78. The fourth-order valence-corrected chi connectivity index (χ4v) is 4.20. The second-order valence-corrected chi connectivity index (χ2v) is 7.93. The van der Waals surface area contributed by atoms with E-state index in [4.69, 9.17) is 11.6 Å². The summed E-state index contributed by atoms with van der Waals surface area (Å²) >= 11 is 6.39. The molecule has 1 unspecified atom stereocenters.